The standard InChI is InChI=1S/C15H28Si/c1-2-3-4-5-6-7-11-14-16-15-12-9-8-10-13-15/h9-10,12-13,15H,2-8,11,14,16H2,1H3. The first-order chi connectivity index (χ1) is 7.93. The van der Waals surface area contributed by atoms with E-state index in [2.05, 4.69) is 31.2 Å². The Morgan fingerprint density at radius 3 is 2.25 bits per heavy atom. The average Bonchev–Trinajstić information content (AvgIpc) is 2.34. The number of allylic oxidation sites excluding steroid dienone is 4. The van der Waals surface area contributed by atoms with Gasteiger partial charge in [0.2, 0.25) is 0 Å². The van der Waals surface area contributed by atoms with Gasteiger partial charge in [-0.3, -0.25) is 0 Å². The molecule has 0 aromatic carbocycles. The zero-order valence-corrected chi connectivity index (χ0v) is 12.4. The van der Waals surface area contributed by atoms with Crippen LogP contribution < -0.4 is 0 Å². The fourth-order valence-corrected chi connectivity index (χ4v) is 4.24. The van der Waals surface area contributed by atoms with Crippen molar-refractivity contribution in [2.45, 2.75) is 69.9 Å². The maximum Gasteiger partial charge on any atom is 0.0327 e. The van der Waals surface area contributed by atoms with E-state index >= 15 is 0 Å². The molecule has 0 aromatic heterocycles. The van der Waals surface area contributed by atoms with Gasteiger partial charge in [0.05, 0.1) is 0 Å². The molecule has 0 unspecified atom stereocenters. The number of rotatable bonds is 9. The first-order valence-electron chi connectivity index (χ1n) is 7.27. The van der Waals surface area contributed by atoms with Gasteiger partial charge >= 0.3 is 0 Å². The van der Waals surface area contributed by atoms with Crippen molar-refractivity contribution in [3.05, 3.63) is 24.3 Å². The van der Waals surface area contributed by atoms with E-state index in [0.29, 0.717) is 0 Å². The van der Waals surface area contributed by atoms with Crippen molar-refractivity contribution in [2.24, 2.45) is 0 Å². The highest BCUT2D eigenvalue weighted by Crippen LogP contribution is 2.17. The smallest absolute Gasteiger partial charge is 0.0327 e. The summed E-state index contributed by atoms with van der Waals surface area (Å²) in [6.07, 6.45) is 20.9. The molecule has 0 atom stereocenters. The third-order valence-corrected chi connectivity index (χ3v) is 5.55. The van der Waals surface area contributed by atoms with E-state index in [4.69, 9.17) is 0 Å². The molecular formula is C15H28Si. The van der Waals surface area contributed by atoms with Crippen LogP contribution in [0.2, 0.25) is 11.6 Å². The molecule has 1 aliphatic carbocycles. The summed E-state index contributed by atoms with van der Waals surface area (Å²) < 4.78 is 0. The number of hydrogen-bond donors (Lipinski definition) is 0. The Labute approximate surface area is 104 Å². The average molecular weight is 236 g/mol. The molecule has 0 nitrogen and oxygen atoms in total. The first-order valence-corrected chi connectivity index (χ1v) is 9.08. The van der Waals surface area contributed by atoms with Crippen LogP contribution in [0.5, 0.6) is 0 Å². The van der Waals surface area contributed by atoms with E-state index in [0.717, 1.165) is 5.54 Å². The Morgan fingerprint density at radius 2 is 1.56 bits per heavy atom. The van der Waals surface area contributed by atoms with Gasteiger partial charge in [0.25, 0.3) is 0 Å². The molecule has 1 rings (SSSR count). The second kappa shape index (κ2) is 9.89. The second-order valence-corrected chi connectivity index (χ2v) is 7.25. The number of hydrogen-bond acceptors (Lipinski definition) is 0. The maximum absolute atomic E-state index is 2.44. The third kappa shape index (κ3) is 7.05. The normalized spacial score (nSPS) is 16.6. The monoisotopic (exact) mass is 236 g/mol. The van der Waals surface area contributed by atoms with E-state index < -0.39 is 0 Å². The van der Waals surface area contributed by atoms with Crippen molar-refractivity contribution in [3.63, 3.8) is 0 Å². The molecule has 92 valence electrons. The Balaban J connectivity index is 1.82. The third-order valence-electron chi connectivity index (χ3n) is 3.43. The summed E-state index contributed by atoms with van der Waals surface area (Å²) in [6, 6.07) is 1.55. The molecule has 0 amide bonds. The maximum atomic E-state index is 2.44. The van der Waals surface area contributed by atoms with Gasteiger partial charge < -0.3 is 0 Å². The molecule has 0 N–H and O–H groups in total. The zero-order chi connectivity index (χ0) is 11.5. The van der Waals surface area contributed by atoms with E-state index in [1.165, 1.54) is 51.4 Å². The Bertz CT molecular complexity index is 193. The summed E-state index contributed by atoms with van der Waals surface area (Å²) in [5.41, 5.74) is 0.883. The quantitative estimate of drug-likeness (QED) is 0.311. The molecule has 16 heavy (non-hydrogen) atoms. The van der Waals surface area contributed by atoms with Crippen LogP contribution in [0, 0.1) is 0 Å². The Kier molecular flexibility index (Phi) is 8.51. The first kappa shape index (κ1) is 13.8. The fourth-order valence-electron chi connectivity index (χ4n) is 2.36. The molecule has 0 saturated heterocycles. The highest BCUT2D eigenvalue weighted by Gasteiger charge is 2.02. The fraction of sp³-hybridized carbons (Fsp3) is 0.733. The van der Waals surface area contributed by atoms with E-state index in [-0.39, 0.29) is 9.52 Å². The van der Waals surface area contributed by atoms with Crippen molar-refractivity contribution in [1.29, 1.82) is 0 Å². The van der Waals surface area contributed by atoms with Crippen molar-refractivity contribution in [2.75, 3.05) is 0 Å². The van der Waals surface area contributed by atoms with Crippen molar-refractivity contribution >= 4 is 9.52 Å². The largest absolute Gasteiger partial charge is 0.0847 e. The molecule has 0 spiro atoms. The van der Waals surface area contributed by atoms with E-state index in [1.54, 1.807) is 6.04 Å². The van der Waals surface area contributed by atoms with Crippen molar-refractivity contribution in [3.8, 4) is 0 Å². The van der Waals surface area contributed by atoms with Crippen LogP contribution in [-0.2, 0) is 0 Å². The molecule has 0 heterocycles. The summed E-state index contributed by atoms with van der Waals surface area (Å²) >= 11 is 0. The molecule has 0 radical (unpaired) electrons. The highest BCUT2D eigenvalue weighted by molar-refractivity contribution is 6.39. The van der Waals surface area contributed by atoms with E-state index in [9.17, 15) is 0 Å². The van der Waals surface area contributed by atoms with Gasteiger partial charge in [-0.1, -0.05) is 82.2 Å². The second-order valence-electron chi connectivity index (χ2n) is 5.02. The summed E-state index contributed by atoms with van der Waals surface area (Å²) in [5.74, 6) is 0. The lowest BCUT2D eigenvalue weighted by Gasteiger charge is -2.09. The predicted molar refractivity (Wildman–Crippen MR) is 78.0 cm³/mol. The predicted octanol–water partition coefficient (Wildman–Crippen LogP) is 4.63. The number of unbranched alkanes of at least 4 members (excludes halogenated alkanes) is 6. The lowest BCUT2D eigenvalue weighted by Crippen LogP contribution is -1.99. The SMILES string of the molecule is CCCCCCCCC[SiH2]C1C=CCC=C1. The van der Waals surface area contributed by atoms with Gasteiger partial charge in [-0.25, -0.2) is 0 Å². The van der Waals surface area contributed by atoms with Gasteiger partial charge in [-0.05, 0) is 12.0 Å². The van der Waals surface area contributed by atoms with Crippen LogP contribution in [0.25, 0.3) is 0 Å². The lowest BCUT2D eigenvalue weighted by atomic mass is 10.1. The highest BCUT2D eigenvalue weighted by atomic mass is 28.2. The van der Waals surface area contributed by atoms with Crippen LogP contribution in [0.1, 0.15) is 58.3 Å². The van der Waals surface area contributed by atoms with Crippen LogP contribution in [0.4, 0.5) is 0 Å². The van der Waals surface area contributed by atoms with Gasteiger partial charge in [-0.15, -0.1) is 0 Å². The minimum atomic E-state index is 0.148. The van der Waals surface area contributed by atoms with Gasteiger partial charge in [0, 0.05) is 9.52 Å². The summed E-state index contributed by atoms with van der Waals surface area (Å²) in [6.45, 7) is 2.29. The van der Waals surface area contributed by atoms with Crippen molar-refractivity contribution in [1.82, 2.24) is 0 Å². The molecule has 1 aliphatic rings. The van der Waals surface area contributed by atoms with Crippen LogP contribution in [0.3, 0.4) is 0 Å². The molecule has 0 aromatic rings. The zero-order valence-electron chi connectivity index (χ0n) is 11.0. The Hall–Kier alpha value is -0.303. The lowest BCUT2D eigenvalue weighted by molar-refractivity contribution is 0.601. The summed E-state index contributed by atoms with van der Waals surface area (Å²) in [5, 5.41) is 0. The molecule has 1 heteroatoms. The minimum absolute atomic E-state index is 0.148. The molecule has 0 saturated carbocycles. The van der Waals surface area contributed by atoms with E-state index in [1.807, 2.05) is 0 Å². The van der Waals surface area contributed by atoms with Crippen LogP contribution in [-0.4, -0.2) is 9.52 Å². The Morgan fingerprint density at radius 1 is 0.938 bits per heavy atom. The van der Waals surface area contributed by atoms with Crippen molar-refractivity contribution < 1.29 is 0 Å². The molecule has 0 aliphatic heterocycles. The molecular weight excluding hydrogens is 208 g/mol. The molecule has 0 bridgehead atoms. The topological polar surface area (TPSA) is 0 Å². The summed E-state index contributed by atoms with van der Waals surface area (Å²) in [4.78, 5) is 0. The van der Waals surface area contributed by atoms with Gasteiger partial charge in [0.15, 0.2) is 0 Å². The van der Waals surface area contributed by atoms with Crippen LogP contribution in [0.15, 0.2) is 24.3 Å². The van der Waals surface area contributed by atoms with Gasteiger partial charge in [-0.2, -0.15) is 0 Å². The molecule has 0 fully saturated rings. The van der Waals surface area contributed by atoms with Crippen LogP contribution >= 0.6 is 0 Å². The minimum Gasteiger partial charge on any atom is -0.0847 e. The van der Waals surface area contributed by atoms with Gasteiger partial charge in [0.1, 0.15) is 0 Å². The summed E-state index contributed by atoms with van der Waals surface area (Å²) in [7, 11) is 0.148.